The van der Waals surface area contributed by atoms with E-state index in [0.29, 0.717) is 54.8 Å². The third-order valence-corrected chi connectivity index (χ3v) is 15.1. The lowest BCUT2D eigenvalue weighted by atomic mass is 9.32. The number of fused-ring (bicyclic) bond motifs is 7. The minimum Gasteiger partial charge on any atom is -0.478 e. The summed E-state index contributed by atoms with van der Waals surface area (Å²) in [7, 11) is 0. The van der Waals surface area contributed by atoms with Crippen molar-refractivity contribution >= 4 is 17.4 Å². The van der Waals surface area contributed by atoms with Crippen molar-refractivity contribution in [2.75, 3.05) is 26.2 Å². The number of rotatable bonds is 9. The van der Waals surface area contributed by atoms with Gasteiger partial charge in [0, 0.05) is 19.6 Å². The van der Waals surface area contributed by atoms with Gasteiger partial charge in [-0.2, -0.15) is 0 Å². The van der Waals surface area contributed by atoms with Crippen LogP contribution in [0.3, 0.4) is 0 Å². The zero-order chi connectivity index (χ0) is 33.1. The van der Waals surface area contributed by atoms with Gasteiger partial charge in [0.25, 0.3) is 0 Å². The highest BCUT2D eigenvalue weighted by molar-refractivity contribution is 5.88. The molecule has 0 saturated heterocycles. The van der Waals surface area contributed by atoms with Gasteiger partial charge in [0.05, 0.1) is 17.6 Å². The molecule has 4 saturated carbocycles. The van der Waals surface area contributed by atoms with E-state index in [2.05, 4.69) is 64.0 Å². The maximum absolute atomic E-state index is 14.1. The Hall–Kier alpha value is -2.44. The predicted molar refractivity (Wildman–Crippen MR) is 184 cm³/mol. The van der Waals surface area contributed by atoms with E-state index in [1.165, 1.54) is 31.3 Å². The number of aliphatic hydroxyl groups excluding tert-OH is 1. The number of carboxylic acids is 1. The van der Waals surface area contributed by atoms with Crippen LogP contribution in [0.15, 0.2) is 43.0 Å². The summed E-state index contributed by atoms with van der Waals surface area (Å²) in [6, 6.07) is 7.51. The molecule has 0 bridgehead atoms. The fourth-order valence-corrected chi connectivity index (χ4v) is 12.8. The van der Waals surface area contributed by atoms with Crippen molar-refractivity contribution in [3.05, 3.63) is 54.1 Å². The van der Waals surface area contributed by atoms with E-state index in [0.717, 1.165) is 37.7 Å². The zero-order valence-corrected chi connectivity index (χ0v) is 29.0. The van der Waals surface area contributed by atoms with E-state index in [1.807, 2.05) is 12.1 Å². The molecule has 4 N–H and O–H groups in total. The van der Waals surface area contributed by atoms with Crippen LogP contribution in [0.25, 0.3) is 5.57 Å². The van der Waals surface area contributed by atoms with Gasteiger partial charge < -0.3 is 20.8 Å². The van der Waals surface area contributed by atoms with E-state index < -0.39 is 5.97 Å². The average molecular weight is 631 g/mol. The zero-order valence-electron chi connectivity index (χ0n) is 29.0. The molecule has 46 heavy (non-hydrogen) atoms. The van der Waals surface area contributed by atoms with E-state index in [4.69, 9.17) is 5.11 Å². The van der Waals surface area contributed by atoms with Crippen LogP contribution < -0.4 is 10.6 Å². The molecule has 0 spiro atoms. The number of allylic oxidation sites excluding steroid dienone is 3. The van der Waals surface area contributed by atoms with Gasteiger partial charge in [0.15, 0.2) is 0 Å². The van der Waals surface area contributed by atoms with Crippen LogP contribution in [0.2, 0.25) is 0 Å². The largest absolute Gasteiger partial charge is 0.478 e. The van der Waals surface area contributed by atoms with Gasteiger partial charge >= 0.3 is 5.97 Å². The number of amides is 1. The minimum atomic E-state index is -0.879. The lowest BCUT2D eigenvalue weighted by Crippen LogP contribution is -2.66. The summed E-state index contributed by atoms with van der Waals surface area (Å²) in [5, 5.41) is 25.1. The lowest BCUT2D eigenvalue weighted by Gasteiger charge is -2.72. The van der Waals surface area contributed by atoms with Crippen molar-refractivity contribution < 1.29 is 19.8 Å². The molecule has 5 aliphatic carbocycles. The summed E-state index contributed by atoms with van der Waals surface area (Å²) in [4.78, 5) is 25.6. The van der Waals surface area contributed by atoms with Crippen molar-refractivity contribution in [1.29, 1.82) is 0 Å². The first-order chi connectivity index (χ1) is 21.8. The van der Waals surface area contributed by atoms with Crippen LogP contribution in [0.1, 0.15) is 108 Å². The molecular weight excluding hydrogens is 572 g/mol. The third-order valence-electron chi connectivity index (χ3n) is 15.1. The first kappa shape index (κ1) is 33.5. The Morgan fingerprint density at radius 2 is 1.63 bits per heavy atom. The number of aliphatic hydroxyl groups is 1. The molecule has 1 amide bonds. The SMILES string of the molecule is C=C[C@@H]1CC[C@]2(C(=O)NCCNCCO)CC[C@]3(C)[C@H](CC[C@@H]4[C@@]5(C)CC=C(c6ccc(C(=O)O)cc6)C(C)(C)[C@@H]5CC[C@]43C)[C@@H]12. The first-order valence-electron chi connectivity index (χ1n) is 18.1. The van der Waals surface area contributed by atoms with Gasteiger partial charge in [-0.1, -0.05) is 58.9 Å². The van der Waals surface area contributed by atoms with Gasteiger partial charge in [0.2, 0.25) is 5.91 Å². The van der Waals surface area contributed by atoms with Gasteiger partial charge in [-0.15, -0.1) is 6.58 Å². The molecule has 0 radical (unpaired) electrons. The van der Waals surface area contributed by atoms with Gasteiger partial charge in [-0.25, -0.2) is 4.79 Å². The summed E-state index contributed by atoms with van der Waals surface area (Å²) >= 11 is 0. The number of aromatic carboxylic acids is 1. The number of hydrogen-bond acceptors (Lipinski definition) is 4. The predicted octanol–water partition coefficient (Wildman–Crippen LogP) is 7.34. The number of carboxylic acid groups (broad SMARTS) is 1. The molecule has 0 aromatic heterocycles. The summed E-state index contributed by atoms with van der Waals surface area (Å²) < 4.78 is 0. The summed E-state index contributed by atoms with van der Waals surface area (Å²) in [6.45, 7) is 19.0. The second-order valence-corrected chi connectivity index (χ2v) is 16.9. The van der Waals surface area contributed by atoms with Gasteiger partial charge in [-0.05, 0) is 132 Å². The van der Waals surface area contributed by atoms with E-state index in [9.17, 15) is 14.7 Å². The van der Waals surface area contributed by atoms with Crippen LogP contribution in [0.5, 0.6) is 0 Å². The quantitative estimate of drug-likeness (QED) is 0.169. The standard InChI is InChI=1S/C40H58N2O4/c1-7-26-14-19-40(35(46)42-23-22-41-24-25-43)21-20-38(5)30(33(26)40)12-13-32-37(4)17-15-29(27-8-10-28(11-9-27)34(44)45)36(2,3)31(37)16-18-39(32,38)6/h7-11,15,26,30-33,41,43H,1,12-14,16-25H2,2-6H3,(H,42,46)(H,44,45)/t26-,30-,31+,32-,33-,37+,38-,39-,40+/m1/s1. The Morgan fingerprint density at radius 3 is 2.30 bits per heavy atom. The molecule has 6 nitrogen and oxygen atoms in total. The van der Waals surface area contributed by atoms with E-state index in [1.54, 1.807) is 12.1 Å². The molecule has 0 aliphatic heterocycles. The van der Waals surface area contributed by atoms with Gasteiger partial charge in [-0.3, -0.25) is 4.79 Å². The van der Waals surface area contributed by atoms with E-state index in [-0.39, 0.29) is 39.6 Å². The normalized spacial score (nSPS) is 40.8. The Bertz CT molecular complexity index is 1380. The number of carbonyl (C=O) groups is 2. The summed E-state index contributed by atoms with van der Waals surface area (Å²) in [6.07, 6.45) is 14.7. The number of benzene rings is 1. The Labute approximate surface area is 276 Å². The Balaban J connectivity index is 1.29. The van der Waals surface area contributed by atoms with Crippen molar-refractivity contribution in [3.63, 3.8) is 0 Å². The van der Waals surface area contributed by atoms with Crippen molar-refractivity contribution in [2.45, 2.75) is 92.4 Å². The molecule has 0 heterocycles. The molecule has 5 aliphatic rings. The number of hydrogen-bond donors (Lipinski definition) is 4. The molecule has 0 unspecified atom stereocenters. The average Bonchev–Trinajstić information content (AvgIpc) is 3.41. The highest BCUT2D eigenvalue weighted by atomic mass is 16.4. The second-order valence-electron chi connectivity index (χ2n) is 16.9. The highest BCUT2D eigenvalue weighted by Gasteiger charge is 2.71. The monoisotopic (exact) mass is 630 g/mol. The van der Waals surface area contributed by atoms with Crippen molar-refractivity contribution in [2.24, 2.45) is 56.7 Å². The lowest BCUT2D eigenvalue weighted by molar-refractivity contribution is -0.224. The molecule has 252 valence electrons. The summed E-state index contributed by atoms with van der Waals surface area (Å²) in [5.41, 5.74) is 3.12. The molecule has 1 aromatic carbocycles. The van der Waals surface area contributed by atoms with Crippen LogP contribution in [-0.4, -0.2) is 48.3 Å². The second kappa shape index (κ2) is 11.9. The molecular formula is C40H58N2O4. The summed E-state index contributed by atoms with van der Waals surface area (Å²) in [5.74, 6) is 1.80. The van der Waals surface area contributed by atoms with Crippen LogP contribution >= 0.6 is 0 Å². The highest BCUT2D eigenvalue weighted by Crippen LogP contribution is 2.77. The Kier molecular flexibility index (Phi) is 8.66. The maximum Gasteiger partial charge on any atom is 0.335 e. The molecule has 6 heteroatoms. The van der Waals surface area contributed by atoms with Crippen LogP contribution in [0.4, 0.5) is 0 Å². The molecule has 6 rings (SSSR count). The smallest absolute Gasteiger partial charge is 0.335 e. The topological polar surface area (TPSA) is 98.7 Å². The maximum atomic E-state index is 14.1. The fraction of sp³-hybridized carbons (Fsp3) is 0.700. The van der Waals surface area contributed by atoms with Crippen LogP contribution in [-0.2, 0) is 4.79 Å². The van der Waals surface area contributed by atoms with Gasteiger partial charge in [0.1, 0.15) is 0 Å². The first-order valence-corrected chi connectivity index (χ1v) is 18.1. The van der Waals surface area contributed by atoms with E-state index >= 15 is 0 Å². The van der Waals surface area contributed by atoms with Crippen molar-refractivity contribution in [3.8, 4) is 0 Å². The Morgan fingerprint density at radius 1 is 0.891 bits per heavy atom. The molecule has 9 atom stereocenters. The third kappa shape index (κ3) is 4.78. The minimum absolute atomic E-state index is 0.0119. The van der Waals surface area contributed by atoms with Crippen molar-refractivity contribution in [1.82, 2.24) is 10.6 Å². The fourth-order valence-electron chi connectivity index (χ4n) is 12.8. The molecule has 1 aromatic rings. The number of nitrogens with one attached hydrogen (secondary N) is 2. The molecule has 4 fully saturated rings. The van der Waals surface area contributed by atoms with Crippen LogP contribution in [0, 0.1) is 56.7 Å². The number of carbonyl (C=O) groups excluding carboxylic acids is 1.